The van der Waals surface area contributed by atoms with Crippen LogP contribution in [0.5, 0.6) is 0 Å². The van der Waals surface area contributed by atoms with E-state index in [1.165, 1.54) is 18.4 Å². The van der Waals surface area contributed by atoms with Crippen molar-refractivity contribution in [1.82, 2.24) is 4.90 Å². The van der Waals surface area contributed by atoms with E-state index < -0.39 is 0 Å². The molecule has 0 atom stereocenters. The molecule has 0 heterocycles. The zero-order chi connectivity index (χ0) is 17.9. The maximum Gasteiger partial charge on any atom is 0.269 e. The topological polar surface area (TPSA) is 46.4 Å². The summed E-state index contributed by atoms with van der Waals surface area (Å²) in [4.78, 5) is 13.0. The first kappa shape index (κ1) is 19.1. The van der Waals surface area contributed by atoms with Crippen LogP contribution >= 0.6 is 0 Å². The summed E-state index contributed by atoms with van der Waals surface area (Å²) in [6.07, 6.45) is 5.50. The van der Waals surface area contributed by atoms with Gasteiger partial charge in [-0.2, -0.15) is 0 Å². The van der Waals surface area contributed by atoms with Crippen molar-refractivity contribution < 1.29 is 4.92 Å². The summed E-state index contributed by atoms with van der Waals surface area (Å²) in [6.45, 7) is 5.33. The number of hydrogen-bond donors (Lipinski definition) is 0. The molecule has 0 spiro atoms. The molecular formula is C21H28N2O2. The molecule has 4 nitrogen and oxygen atoms in total. The van der Waals surface area contributed by atoms with E-state index in [2.05, 4.69) is 42.2 Å². The molecule has 0 unspecified atom stereocenters. The van der Waals surface area contributed by atoms with E-state index in [0.29, 0.717) is 0 Å². The molecular weight excluding hydrogens is 312 g/mol. The van der Waals surface area contributed by atoms with Gasteiger partial charge in [0, 0.05) is 18.7 Å². The number of benzene rings is 2. The van der Waals surface area contributed by atoms with E-state index in [4.69, 9.17) is 0 Å². The molecule has 2 aromatic carbocycles. The Morgan fingerprint density at radius 1 is 0.880 bits per heavy atom. The van der Waals surface area contributed by atoms with Gasteiger partial charge in [0.25, 0.3) is 5.69 Å². The molecule has 4 heteroatoms. The van der Waals surface area contributed by atoms with Crippen LogP contribution < -0.4 is 0 Å². The highest BCUT2D eigenvalue weighted by Gasteiger charge is 2.08. The number of nitro benzene ring substituents is 1. The number of hydrogen-bond acceptors (Lipinski definition) is 3. The Morgan fingerprint density at radius 2 is 1.64 bits per heavy atom. The summed E-state index contributed by atoms with van der Waals surface area (Å²) >= 11 is 0. The van der Waals surface area contributed by atoms with Gasteiger partial charge in [-0.05, 0) is 56.3 Å². The lowest BCUT2D eigenvalue weighted by Gasteiger charge is -2.21. The van der Waals surface area contributed by atoms with Crippen LogP contribution in [0, 0.1) is 10.1 Å². The molecule has 134 valence electrons. The van der Waals surface area contributed by atoms with Crippen molar-refractivity contribution >= 4 is 5.69 Å². The Morgan fingerprint density at radius 3 is 2.36 bits per heavy atom. The Hall–Kier alpha value is -2.20. The molecule has 25 heavy (non-hydrogen) atoms. The highest BCUT2D eigenvalue weighted by Crippen LogP contribution is 2.14. The third kappa shape index (κ3) is 7.06. The summed E-state index contributed by atoms with van der Waals surface area (Å²) < 4.78 is 0. The van der Waals surface area contributed by atoms with Crippen molar-refractivity contribution in [1.29, 1.82) is 0 Å². The lowest BCUT2D eigenvalue weighted by molar-refractivity contribution is -0.384. The number of non-ortho nitro benzene ring substituents is 1. The first-order chi connectivity index (χ1) is 12.2. The molecule has 2 rings (SSSR count). The van der Waals surface area contributed by atoms with Crippen LogP contribution in [-0.4, -0.2) is 29.5 Å². The van der Waals surface area contributed by atoms with Crippen LogP contribution in [0.25, 0.3) is 0 Å². The molecule has 0 N–H and O–H groups in total. The van der Waals surface area contributed by atoms with Gasteiger partial charge in [-0.25, -0.2) is 0 Å². The highest BCUT2D eigenvalue weighted by atomic mass is 16.6. The minimum atomic E-state index is -0.323. The highest BCUT2D eigenvalue weighted by molar-refractivity contribution is 5.34. The minimum Gasteiger partial charge on any atom is -0.303 e. The zero-order valence-corrected chi connectivity index (χ0v) is 15.1. The van der Waals surface area contributed by atoms with Gasteiger partial charge in [0.1, 0.15) is 0 Å². The van der Waals surface area contributed by atoms with Crippen molar-refractivity contribution in [3.8, 4) is 0 Å². The Balaban J connectivity index is 1.76. The van der Waals surface area contributed by atoms with Crippen LogP contribution in [0.2, 0.25) is 0 Å². The lowest BCUT2D eigenvalue weighted by atomic mass is 10.1. The van der Waals surface area contributed by atoms with E-state index >= 15 is 0 Å². The van der Waals surface area contributed by atoms with Crippen LogP contribution in [0.1, 0.15) is 37.3 Å². The smallest absolute Gasteiger partial charge is 0.269 e. The van der Waals surface area contributed by atoms with Gasteiger partial charge < -0.3 is 4.90 Å². The van der Waals surface area contributed by atoms with Crippen LogP contribution in [0.15, 0.2) is 54.6 Å². The molecule has 0 aromatic heterocycles. The van der Waals surface area contributed by atoms with Gasteiger partial charge in [0.2, 0.25) is 0 Å². The average molecular weight is 340 g/mol. The Labute approximate surface area is 150 Å². The fraction of sp³-hybridized carbons (Fsp3) is 0.429. The maximum absolute atomic E-state index is 10.9. The average Bonchev–Trinajstić information content (AvgIpc) is 2.64. The molecule has 0 aliphatic carbocycles. The summed E-state index contributed by atoms with van der Waals surface area (Å²) in [5.74, 6) is 0. The SMILES string of the molecule is CCCN(CCCCc1ccccc1)CCc1cccc([N+](=O)[O-])c1. The fourth-order valence-electron chi connectivity index (χ4n) is 3.07. The second kappa shape index (κ2) is 10.6. The van der Waals surface area contributed by atoms with Gasteiger partial charge in [-0.1, -0.05) is 49.4 Å². The second-order valence-electron chi connectivity index (χ2n) is 6.46. The molecule has 2 aromatic rings. The van der Waals surface area contributed by atoms with E-state index in [0.717, 1.165) is 44.5 Å². The number of aryl methyl sites for hydroxylation is 1. The predicted molar refractivity (Wildman–Crippen MR) is 103 cm³/mol. The van der Waals surface area contributed by atoms with Crippen LogP contribution in [0.3, 0.4) is 0 Å². The van der Waals surface area contributed by atoms with Gasteiger partial charge in [-0.15, -0.1) is 0 Å². The lowest BCUT2D eigenvalue weighted by Crippen LogP contribution is -2.28. The van der Waals surface area contributed by atoms with Gasteiger partial charge >= 0.3 is 0 Å². The van der Waals surface area contributed by atoms with E-state index in [1.807, 2.05) is 6.07 Å². The van der Waals surface area contributed by atoms with Gasteiger partial charge in [0.15, 0.2) is 0 Å². The number of nitrogens with zero attached hydrogens (tertiary/aromatic N) is 2. The zero-order valence-electron chi connectivity index (χ0n) is 15.1. The normalized spacial score (nSPS) is 11.0. The fourth-order valence-corrected chi connectivity index (χ4v) is 3.07. The first-order valence-electron chi connectivity index (χ1n) is 9.18. The van der Waals surface area contributed by atoms with E-state index in [1.54, 1.807) is 18.2 Å². The summed E-state index contributed by atoms with van der Waals surface area (Å²) in [7, 11) is 0. The van der Waals surface area contributed by atoms with Crippen molar-refractivity contribution in [3.63, 3.8) is 0 Å². The third-order valence-electron chi connectivity index (χ3n) is 4.41. The van der Waals surface area contributed by atoms with Crippen molar-refractivity contribution in [3.05, 3.63) is 75.8 Å². The summed E-state index contributed by atoms with van der Waals surface area (Å²) in [5, 5.41) is 10.9. The maximum atomic E-state index is 10.9. The monoisotopic (exact) mass is 340 g/mol. The second-order valence-corrected chi connectivity index (χ2v) is 6.46. The number of nitro groups is 1. The van der Waals surface area contributed by atoms with Crippen LogP contribution in [0.4, 0.5) is 5.69 Å². The summed E-state index contributed by atoms with van der Waals surface area (Å²) in [6, 6.07) is 17.6. The standard InChI is InChI=1S/C21H28N2O2/c1-2-15-22(16-7-6-11-19-9-4-3-5-10-19)17-14-20-12-8-13-21(18-20)23(24)25/h3-5,8-10,12-13,18H,2,6-7,11,14-17H2,1H3. The van der Waals surface area contributed by atoms with Gasteiger partial charge in [-0.3, -0.25) is 10.1 Å². The van der Waals surface area contributed by atoms with Crippen molar-refractivity contribution in [2.45, 2.75) is 39.0 Å². The van der Waals surface area contributed by atoms with E-state index in [9.17, 15) is 10.1 Å². The molecule has 0 saturated heterocycles. The number of rotatable bonds is 11. The molecule has 0 fully saturated rings. The quantitative estimate of drug-likeness (QED) is 0.333. The van der Waals surface area contributed by atoms with Crippen molar-refractivity contribution in [2.24, 2.45) is 0 Å². The van der Waals surface area contributed by atoms with E-state index in [-0.39, 0.29) is 10.6 Å². The molecule has 0 saturated carbocycles. The molecule has 0 amide bonds. The predicted octanol–water partition coefficient (Wildman–Crippen LogP) is 4.87. The van der Waals surface area contributed by atoms with Crippen molar-refractivity contribution in [2.75, 3.05) is 19.6 Å². The molecule has 0 radical (unpaired) electrons. The largest absolute Gasteiger partial charge is 0.303 e. The Bertz CT molecular complexity index is 643. The van der Waals surface area contributed by atoms with Gasteiger partial charge in [0.05, 0.1) is 4.92 Å². The molecule has 0 bridgehead atoms. The molecule has 0 aliphatic heterocycles. The molecule has 0 aliphatic rings. The summed E-state index contributed by atoms with van der Waals surface area (Å²) in [5.41, 5.74) is 2.63. The van der Waals surface area contributed by atoms with Crippen LogP contribution in [-0.2, 0) is 12.8 Å². The third-order valence-corrected chi connectivity index (χ3v) is 4.41. The number of unbranched alkanes of at least 4 members (excludes halogenated alkanes) is 1. The Kier molecular flexibility index (Phi) is 8.13. The first-order valence-corrected chi connectivity index (χ1v) is 9.18. The minimum absolute atomic E-state index is 0.183.